The molecular weight excluding hydrogens is 160 g/mol. The topological polar surface area (TPSA) is 3.24 Å². The van der Waals surface area contributed by atoms with Gasteiger partial charge < -0.3 is 4.48 Å². The average Bonchev–Trinajstić information content (AvgIpc) is 2.24. The van der Waals surface area contributed by atoms with Gasteiger partial charge in [0.05, 0.1) is 26.7 Å². The molecule has 0 amide bonds. The molecule has 2 heteroatoms. The second kappa shape index (κ2) is 3.25. The zero-order valence-electron chi connectivity index (χ0n) is 10.1. The Kier molecular flexibility index (Phi) is 2.75. The van der Waals surface area contributed by atoms with Crippen LogP contribution >= 0.6 is 0 Å². The summed E-state index contributed by atoms with van der Waals surface area (Å²) < 4.78 is 1.15. The quantitative estimate of drug-likeness (QED) is 0.564. The van der Waals surface area contributed by atoms with Gasteiger partial charge in [0.15, 0.2) is 0 Å². The van der Waals surface area contributed by atoms with E-state index in [2.05, 4.69) is 46.7 Å². The number of hydrogen-bond donors (Lipinski definition) is 0. The van der Waals surface area contributed by atoms with Crippen molar-refractivity contribution < 1.29 is 4.48 Å². The predicted octanol–water partition coefficient (Wildman–Crippen LogP) is 1.91. The van der Waals surface area contributed by atoms with E-state index in [9.17, 15) is 0 Å². The van der Waals surface area contributed by atoms with Gasteiger partial charge in [-0.1, -0.05) is 6.92 Å². The van der Waals surface area contributed by atoms with E-state index in [1.807, 2.05) is 0 Å². The number of nitrogens with zero attached hydrogens (tertiary/aromatic N) is 2. The third-order valence-corrected chi connectivity index (χ3v) is 3.01. The molecular formula is C11H25N2+. The summed E-state index contributed by atoms with van der Waals surface area (Å²) in [7, 11) is 4.66. The lowest BCUT2D eigenvalue weighted by Crippen LogP contribution is -2.46. The van der Waals surface area contributed by atoms with Crippen LogP contribution in [0.5, 0.6) is 0 Å². The lowest BCUT2D eigenvalue weighted by Gasteiger charge is -2.34. The van der Waals surface area contributed by atoms with Crippen molar-refractivity contribution in [3.8, 4) is 0 Å². The minimum absolute atomic E-state index is 0.326. The minimum atomic E-state index is 0.326. The maximum atomic E-state index is 2.65. The van der Waals surface area contributed by atoms with Crippen LogP contribution in [0.1, 0.15) is 34.1 Å². The van der Waals surface area contributed by atoms with Crippen LogP contribution in [0, 0.1) is 0 Å². The molecule has 1 aliphatic rings. The zero-order valence-corrected chi connectivity index (χ0v) is 10.1. The van der Waals surface area contributed by atoms with Gasteiger partial charge in [0, 0.05) is 5.54 Å². The summed E-state index contributed by atoms with van der Waals surface area (Å²) in [5.74, 6) is 0. The van der Waals surface area contributed by atoms with Gasteiger partial charge in [-0.05, 0) is 27.2 Å². The van der Waals surface area contributed by atoms with Crippen LogP contribution in [0.3, 0.4) is 0 Å². The number of likely N-dealkylation sites (N-methyl/N-ethyl adjacent to an activating group) is 1. The van der Waals surface area contributed by atoms with E-state index in [1.165, 1.54) is 19.6 Å². The fraction of sp³-hybridized carbons (Fsp3) is 1.00. The molecule has 0 spiro atoms. The van der Waals surface area contributed by atoms with Gasteiger partial charge in [0.25, 0.3) is 0 Å². The van der Waals surface area contributed by atoms with Crippen molar-refractivity contribution in [3.05, 3.63) is 0 Å². The summed E-state index contributed by atoms with van der Waals surface area (Å²) in [6.07, 6.45) is 1.28. The van der Waals surface area contributed by atoms with Crippen LogP contribution in [0.25, 0.3) is 0 Å². The third-order valence-electron chi connectivity index (χ3n) is 3.01. The normalized spacial score (nSPS) is 29.5. The lowest BCUT2D eigenvalue weighted by molar-refractivity contribution is -0.883. The Morgan fingerprint density at radius 3 is 2.15 bits per heavy atom. The van der Waals surface area contributed by atoms with Crippen LogP contribution in [0.2, 0.25) is 0 Å². The molecule has 2 nitrogen and oxygen atoms in total. The highest BCUT2D eigenvalue weighted by Gasteiger charge is 2.41. The van der Waals surface area contributed by atoms with Crippen molar-refractivity contribution >= 4 is 0 Å². The van der Waals surface area contributed by atoms with Crippen molar-refractivity contribution in [1.29, 1.82) is 0 Å². The summed E-state index contributed by atoms with van der Waals surface area (Å²) in [5.41, 5.74) is 0.326. The van der Waals surface area contributed by atoms with Crippen molar-refractivity contribution in [3.63, 3.8) is 0 Å². The summed E-state index contributed by atoms with van der Waals surface area (Å²) >= 11 is 0. The van der Waals surface area contributed by atoms with Gasteiger partial charge in [-0.25, -0.2) is 4.90 Å². The fourth-order valence-electron chi connectivity index (χ4n) is 2.36. The largest absolute Gasteiger partial charge is 0.315 e. The summed E-state index contributed by atoms with van der Waals surface area (Å²) in [5, 5.41) is 0. The van der Waals surface area contributed by atoms with Crippen LogP contribution in [0.15, 0.2) is 0 Å². The molecule has 0 saturated carbocycles. The fourth-order valence-corrected chi connectivity index (χ4v) is 2.36. The molecule has 1 rings (SSSR count). The van der Waals surface area contributed by atoms with Crippen LogP contribution in [-0.2, 0) is 0 Å². The Labute approximate surface area is 83.1 Å². The Balaban J connectivity index is 2.75. The molecule has 0 aromatic rings. The molecule has 0 N–H and O–H groups in total. The molecule has 78 valence electrons. The summed E-state index contributed by atoms with van der Waals surface area (Å²) in [4.78, 5) is 2.65. The Morgan fingerprint density at radius 1 is 1.31 bits per heavy atom. The molecule has 1 aliphatic heterocycles. The smallest absolute Gasteiger partial charge is 0.135 e. The Bertz CT molecular complexity index is 179. The van der Waals surface area contributed by atoms with Crippen LogP contribution < -0.4 is 0 Å². The van der Waals surface area contributed by atoms with E-state index in [1.54, 1.807) is 0 Å². The van der Waals surface area contributed by atoms with Gasteiger partial charge in [0.1, 0.15) is 6.67 Å². The van der Waals surface area contributed by atoms with E-state index in [0.29, 0.717) is 5.54 Å². The first-order chi connectivity index (χ1) is 5.76. The second-order valence-corrected chi connectivity index (χ2v) is 5.96. The molecule has 0 aromatic carbocycles. The van der Waals surface area contributed by atoms with Crippen LogP contribution in [0.4, 0.5) is 0 Å². The molecule has 0 aliphatic carbocycles. The molecule has 1 unspecified atom stereocenters. The number of rotatable bonds is 1. The van der Waals surface area contributed by atoms with E-state index >= 15 is 0 Å². The molecule has 13 heavy (non-hydrogen) atoms. The van der Waals surface area contributed by atoms with Gasteiger partial charge in [0.2, 0.25) is 0 Å². The summed E-state index contributed by atoms with van der Waals surface area (Å²) in [6, 6.07) is 0.773. The molecule has 0 radical (unpaired) electrons. The molecule has 1 heterocycles. The van der Waals surface area contributed by atoms with Crippen molar-refractivity contribution in [2.24, 2.45) is 0 Å². The monoisotopic (exact) mass is 185 g/mol. The highest BCUT2D eigenvalue weighted by molar-refractivity contribution is 4.84. The van der Waals surface area contributed by atoms with E-state index in [4.69, 9.17) is 0 Å². The second-order valence-electron chi connectivity index (χ2n) is 5.96. The van der Waals surface area contributed by atoms with Gasteiger partial charge in [-0.2, -0.15) is 0 Å². The van der Waals surface area contributed by atoms with Crippen molar-refractivity contribution in [2.45, 2.75) is 45.7 Å². The first-order valence-corrected chi connectivity index (χ1v) is 5.35. The van der Waals surface area contributed by atoms with Gasteiger partial charge in [-0.3, -0.25) is 0 Å². The minimum Gasteiger partial charge on any atom is -0.315 e. The van der Waals surface area contributed by atoms with Gasteiger partial charge >= 0.3 is 0 Å². The SMILES string of the molecule is CCC1C[N+](C)(C)CN1C(C)(C)C. The van der Waals surface area contributed by atoms with Gasteiger partial charge in [-0.15, -0.1) is 0 Å². The zero-order chi connectivity index (χ0) is 10.3. The predicted molar refractivity (Wildman–Crippen MR) is 57.5 cm³/mol. The Morgan fingerprint density at radius 2 is 1.85 bits per heavy atom. The molecule has 1 atom stereocenters. The third kappa shape index (κ3) is 2.44. The molecule has 0 aromatic heterocycles. The maximum absolute atomic E-state index is 2.65. The first kappa shape index (κ1) is 11.0. The average molecular weight is 185 g/mol. The lowest BCUT2D eigenvalue weighted by atomic mass is 10.0. The molecule has 1 saturated heterocycles. The highest BCUT2D eigenvalue weighted by atomic mass is 15.5. The standard InChI is InChI=1S/C11H25N2/c1-7-10-8-13(5,6)9-12(10)11(2,3)4/h10H,7-9H2,1-6H3/q+1. The van der Waals surface area contributed by atoms with Crippen molar-refractivity contribution in [2.75, 3.05) is 27.3 Å². The first-order valence-electron chi connectivity index (χ1n) is 5.35. The van der Waals surface area contributed by atoms with Crippen molar-refractivity contribution in [1.82, 2.24) is 4.90 Å². The Hall–Kier alpha value is -0.0800. The summed E-state index contributed by atoms with van der Waals surface area (Å²) in [6.45, 7) is 11.8. The number of hydrogen-bond acceptors (Lipinski definition) is 1. The van der Waals surface area contributed by atoms with E-state index in [-0.39, 0.29) is 0 Å². The highest BCUT2D eigenvalue weighted by Crippen LogP contribution is 2.27. The van der Waals surface area contributed by atoms with E-state index < -0.39 is 0 Å². The van der Waals surface area contributed by atoms with E-state index in [0.717, 1.165) is 10.5 Å². The maximum Gasteiger partial charge on any atom is 0.135 e. The number of quaternary nitrogens is 1. The molecule has 0 bridgehead atoms. The molecule has 1 fully saturated rings. The van der Waals surface area contributed by atoms with Crippen LogP contribution in [-0.4, -0.2) is 48.3 Å².